The minimum Gasteiger partial charge on any atom is -0.506 e. The fourth-order valence-electron chi connectivity index (χ4n) is 2.54. The summed E-state index contributed by atoms with van der Waals surface area (Å²) in [6.45, 7) is 15.2. The van der Waals surface area contributed by atoms with E-state index in [1.165, 1.54) is 0 Å². The molecule has 0 unspecified atom stereocenters. The van der Waals surface area contributed by atoms with E-state index in [1.54, 1.807) is 39.0 Å². The summed E-state index contributed by atoms with van der Waals surface area (Å²) in [5.41, 5.74) is 0.0931. The number of carbonyl (C=O) groups is 1. The van der Waals surface area contributed by atoms with Crippen molar-refractivity contribution >= 4 is 19.3 Å². The number of amides is 1. The van der Waals surface area contributed by atoms with Gasteiger partial charge in [0.2, 0.25) is 0 Å². The monoisotopic (exact) mass is 390 g/mol. The maximum absolute atomic E-state index is 12.1. The van der Waals surface area contributed by atoms with Gasteiger partial charge in [-0.2, -0.15) is 0 Å². The van der Waals surface area contributed by atoms with Crippen LogP contribution < -0.4 is 5.32 Å². The highest BCUT2D eigenvalue weighted by Crippen LogP contribution is 2.39. The number of hydrogen-bond donors (Lipinski definition) is 2. The second-order valence-corrected chi connectivity index (χ2v) is 9.02. The largest absolute Gasteiger partial charge is 0.506 e. The first-order valence-electron chi connectivity index (χ1n) is 9.40. The SMILES string of the molecule is Cc1ccc(O)c(C=C(CNC(=O)OC(C)(C)C)B2OC(C)(C)C(C)(C)O2)n1. The van der Waals surface area contributed by atoms with Crippen LogP contribution in [0.2, 0.25) is 0 Å². The zero-order valence-corrected chi connectivity index (χ0v) is 18.0. The fourth-order valence-corrected chi connectivity index (χ4v) is 2.54. The van der Waals surface area contributed by atoms with E-state index in [-0.39, 0.29) is 12.3 Å². The van der Waals surface area contributed by atoms with Crippen LogP contribution >= 0.6 is 0 Å². The lowest BCUT2D eigenvalue weighted by molar-refractivity contribution is 0.00578. The maximum Gasteiger partial charge on any atom is 0.492 e. The summed E-state index contributed by atoms with van der Waals surface area (Å²) in [6.07, 6.45) is 1.14. The Bertz CT molecular complexity index is 752. The van der Waals surface area contributed by atoms with Crippen LogP contribution in [0.5, 0.6) is 5.75 Å². The molecule has 8 heteroatoms. The van der Waals surface area contributed by atoms with Crippen LogP contribution in [0.15, 0.2) is 17.6 Å². The molecule has 28 heavy (non-hydrogen) atoms. The zero-order chi connectivity index (χ0) is 21.3. The smallest absolute Gasteiger partial charge is 0.492 e. The van der Waals surface area contributed by atoms with E-state index in [0.29, 0.717) is 11.2 Å². The van der Waals surface area contributed by atoms with E-state index in [1.807, 2.05) is 34.6 Å². The molecule has 1 amide bonds. The van der Waals surface area contributed by atoms with Gasteiger partial charge in [0.15, 0.2) is 0 Å². The van der Waals surface area contributed by atoms with Gasteiger partial charge in [-0.3, -0.25) is 0 Å². The topological polar surface area (TPSA) is 89.9 Å². The lowest BCUT2D eigenvalue weighted by atomic mass is 9.77. The molecule has 2 N–H and O–H groups in total. The van der Waals surface area contributed by atoms with Crippen LogP contribution in [0, 0.1) is 6.92 Å². The Morgan fingerprint density at radius 3 is 2.36 bits per heavy atom. The molecule has 2 heterocycles. The molecule has 1 aliphatic heterocycles. The first-order valence-corrected chi connectivity index (χ1v) is 9.40. The predicted octanol–water partition coefficient (Wildman–Crippen LogP) is 3.64. The van der Waals surface area contributed by atoms with Gasteiger partial charge >= 0.3 is 13.2 Å². The Balaban J connectivity index is 2.30. The molecule has 0 atom stereocenters. The molecule has 1 aromatic rings. The van der Waals surface area contributed by atoms with Crippen molar-refractivity contribution in [3.63, 3.8) is 0 Å². The Kier molecular flexibility index (Phi) is 6.16. The van der Waals surface area contributed by atoms with Crippen molar-refractivity contribution in [3.8, 4) is 5.75 Å². The van der Waals surface area contributed by atoms with Gasteiger partial charge in [-0.05, 0) is 79.1 Å². The summed E-state index contributed by atoms with van der Waals surface area (Å²) < 4.78 is 17.5. The summed E-state index contributed by atoms with van der Waals surface area (Å²) in [4.78, 5) is 16.5. The molecule has 0 saturated carbocycles. The number of pyridine rings is 1. The molecule has 0 spiro atoms. The van der Waals surface area contributed by atoms with Crippen molar-refractivity contribution in [1.82, 2.24) is 10.3 Å². The molecule has 0 radical (unpaired) electrons. The number of alkyl carbamates (subject to hydrolysis) is 1. The molecule has 0 aliphatic carbocycles. The lowest BCUT2D eigenvalue weighted by Crippen LogP contribution is -2.41. The lowest BCUT2D eigenvalue weighted by Gasteiger charge is -2.32. The standard InChI is InChI=1S/C20H31BN2O5/c1-13-9-10-16(24)15(23-13)11-14(12-22-17(25)26-18(2,3)4)21-27-19(5,6)20(7,8)28-21/h9-11,24H,12H2,1-8H3,(H,22,25). The minimum atomic E-state index is -0.693. The average Bonchev–Trinajstić information content (AvgIpc) is 2.73. The number of nitrogens with zero attached hydrogens (tertiary/aromatic N) is 1. The summed E-state index contributed by atoms with van der Waals surface area (Å²) in [5, 5.41) is 12.9. The third-order valence-electron chi connectivity index (χ3n) is 4.76. The number of nitrogens with one attached hydrogen (secondary N) is 1. The first-order chi connectivity index (χ1) is 12.7. The fraction of sp³-hybridized carbons (Fsp3) is 0.600. The molecule has 1 fully saturated rings. The molecule has 154 valence electrons. The van der Waals surface area contributed by atoms with Crippen molar-refractivity contribution in [2.75, 3.05) is 6.54 Å². The van der Waals surface area contributed by atoms with E-state index >= 15 is 0 Å². The molecular formula is C20H31BN2O5. The third-order valence-corrected chi connectivity index (χ3v) is 4.76. The van der Waals surface area contributed by atoms with Crippen LogP contribution in [0.25, 0.3) is 6.08 Å². The predicted molar refractivity (Wildman–Crippen MR) is 109 cm³/mol. The summed E-state index contributed by atoms with van der Waals surface area (Å²) in [6, 6.07) is 3.30. The Labute approximate surface area is 167 Å². The van der Waals surface area contributed by atoms with Gasteiger partial charge in [0.05, 0.1) is 11.2 Å². The molecule has 1 aliphatic rings. The molecule has 7 nitrogen and oxygen atoms in total. The van der Waals surface area contributed by atoms with Crippen molar-refractivity contribution in [1.29, 1.82) is 0 Å². The normalized spacial score (nSPS) is 18.9. The van der Waals surface area contributed by atoms with E-state index < -0.39 is 30.0 Å². The molecule has 2 rings (SSSR count). The van der Waals surface area contributed by atoms with Crippen LogP contribution in [-0.4, -0.2) is 46.7 Å². The summed E-state index contributed by atoms with van der Waals surface area (Å²) in [7, 11) is -0.693. The quantitative estimate of drug-likeness (QED) is 0.763. The van der Waals surface area contributed by atoms with Crippen molar-refractivity contribution in [2.45, 2.75) is 72.2 Å². The maximum atomic E-state index is 12.1. The van der Waals surface area contributed by atoms with Crippen molar-refractivity contribution in [2.24, 2.45) is 0 Å². The number of hydrogen-bond acceptors (Lipinski definition) is 6. The summed E-state index contributed by atoms with van der Waals surface area (Å²) in [5.74, 6) is 0.0388. The number of carbonyl (C=O) groups excluding carboxylic acids is 1. The molecule has 1 aromatic heterocycles. The average molecular weight is 390 g/mol. The van der Waals surface area contributed by atoms with Gasteiger partial charge in [0, 0.05) is 12.2 Å². The van der Waals surface area contributed by atoms with Gasteiger partial charge in [0.1, 0.15) is 17.0 Å². The van der Waals surface area contributed by atoms with Gasteiger partial charge in [-0.1, -0.05) is 0 Å². The minimum absolute atomic E-state index is 0.0388. The molecular weight excluding hydrogens is 359 g/mol. The van der Waals surface area contributed by atoms with Gasteiger partial charge in [0.25, 0.3) is 0 Å². The number of ether oxygens (including phenoxy) is 1. The Morgan fingerprint density at radius 1 is 1.25 bits per heavy atom. The number of aromatic hydroxyl groups is 1. The van der Waals surface area contributed by atoms with Crippen LogP contribution in [0.4, 0.5) is 4.79 Å². The van der Waals surface area contributed by atoms with Gasteiger partial charge in [-0.15, -0.1) is 0 Å². The third kappa shape index (κ3) is 5.48. The first kappa shape index (κ1) is 22.2. The van der Waals surface area contributed by atoms with Gasteiger partial charge in [-0.25, -0.2) is 9.78 Å². The zero-order valence-electron chi connectivity index (χ0n) is 18.0. The van der Waals surface area contributed by atoms with E-state index in [9.17, 15) is 9.90 Å². The van der Waals surface area contributed by atoms with Crippen molar-refractivity contribution < 1.29 is 23.9 Å². The van der Waals surface area contributed by atoms with Crippen LogP contribution in [-0.2, 0) is 14.0 Å². The number of aryl methyl sites for hydroxylation is 1. The number of rotatable bonds is 4. The van der Waals surface area contributed by atoms with E-state index in [4.69, 9.17) is 14.0 Å². The van der Waals surface area contributed by atoms with Crippen LogP contribution in [0.3, 0.4) is 0 Å². The van der Waals surface area contributed by atoms with Crippen LogP contribution in [0.1, 0.15) is 59.9 Å². The second-order valence-electron chi connectivity index (χ2n) is 9.02. The highest BCUT2D eigenvalue weighted by Gasteiger charge is 2.52. The summed E-state index contributed by atoms with van der Waals surface area (Å²) >= 11 is 0. The Morgan fingerprint density at radius 2 is 1.82 bits per heavy atom. The molecule has 0 bridgehead atoms. The molecule has 1 saturated heterocycles. The van der Waals surface area contributed by atoms with E-state index in [0.717, 1.165) is 5.69 Å². The highest BCUT2D eigenvalue weighted by atomic mass is 16.7. The van der Waals surface area contributed by atoms with Gasteiger partial charge < -0.3 is 24.5 Å². The second kappa shape index (κ2) is 7.76. The Hall–Kier alpha value is -2.06. The van der Waals surface area contributed by atoms with E-state index in [2.05, 4.69) is 10.3 Å². The molecule has 0 aromatic carbocycles. The van der Waals surface area contributed by atoms with Crippen molar-refractivity contribution in [3.05, 3.63) is 29.0 Å². The highest BCUT2D eigenvalue weighted by molar-refractivity contribution is 6.56. The number of aromatic nitrogens is 1.